The highest BCUT2D eigenvalue weighted by atomic mass is 16.5. The van der Waals surface area contributed by atoms with Gasteiger partial charge >= 0.3 is 5.97 Å². The molecule has 1 aromatic rings. The molecule has 0 amide bonds. The van der Waals surface area contributed by atoms with E-state index in [9.17, 15) is 4.79 Å². The molecule has 0 spiro atoms. The van der Waals surface area contributed by atoms with Crippen LogP contribution in [0.5, 0.6) is 0 Å². The first-order valence-electron chi connectivity index (χ1n) is 5.51. The molecular weight excluding hydrogens is 218 g/mol. The van der Waals surface area contributed by atoms with E-state index in [0.29, 0.717) is 5.56 Å². The maximum absolute atomic E-state index is 11.2. The van der Waals surface area contributed by atoms with Gasteiger partial charge in [-0.05, 0) is 25.0 Å². The van der Waals surface area contributed by atoms with Gasteiger partial charge in [0.15, 0.2) is 0 Å². The number of nitrogens with two attached hydrogens (primary N) is 1. The lowest BCUT2D eigenvalue weighted by Gasteiger charge is -2.28. The van der Waals surface area contributed by atoms with Gasteiger partial charge in [-0.15, -0.1) is 0 Å². The van der Waals surface area contributed by atoms with E-state index in [2.05, 4.69) is 0 Å². The van der Waals surface area contributed by atoms with Crippen molar-refractivity contribution in [1.82, 2.24) is 0 Å². The molecular formula is C13H19NO3. The van der Waals surface area contributed by atoms with Crippen molar-refractivity contribution in [2.24, 2.45) is 5.73 Å². The van der Waals surface area contributed by atoms with Crippen molar-refractivity contribution in [3.63, 3.8) is 0 Å². The zero-order valence-electron chi connectivity index (χ0n) is 10.4. The standard InChI is InChI=1S/C13H19NO3/c1-13(2,17-3)11-7-5-4-6-9(11)10(8-14)12(15)16/h4-7,10H,8,14H2,1-3H3,(H,15,16). The second kappa shape index (κ2) is 5.29. The molecule has 4 nitrogen and oxygen atoms in total. The number of hydrogen-bond donors (Lipinski definition) is 2. The second-order valence-electron chi connectivity index (χ2n) is 4.43. The molecule has 1 unspecified atom stereocenters. The number of aliphatic carboxylic acids is 1. The number of hydrogen-bond acceptors (Lipinski definition) is 3. The molecule has 17 heavy (non-hydrogen) atoms. The lowest BCUT2D eigenvalue weighted by molar-refractivity contribution is -0.138. The van der Waals surface area contributed by atoms with Crippen molar-refractivity contribution in [2.75, 3.05) is 13.7 Å². The van der Waals surface area contributed by atoms with Crippen molar-refractivity contribution in [2.45, 2.75) is 25.4 Å². The molecule has 0 fully saturated rings. The molecule has 0 heterocycles. The number of benzene rings is 1. The largest absolute Gasteiger partial charge is 0.481 e. The second-order valence-corrected chi connectivity index (χ2v) is 4.43. The van der Waals surface area contributed by atoms with Crippen LogP contribution in [0, 0.1) is 0 Å². The first kappa shape index (κ1) is 13.7. The van der Waals surface area contributed by atoms with E-state index in [-0.39, 0.29) is 6.54 Å². The first-order chi connectivity index (χ1) is 7.94. The lowest BCUT2D eigenvalue weighted by Crippen LogP contribution is -2.27. The number of rotatable bonds is 5. The molecule has 1 rings (SSSR count). The van der Waals surface area contributed by atoms with E-state index in [0.717, 1.165) is 5.56 Å². The van der Waals surface area contributed by atoms with Crippen LogP contribution in [-0.4, -0.2) is 24.7 Å². The van der Waals surface area contributed by atoms with Gasteiger partial charge in [0.05, 0.1) is 11.5 Å². The molecule has 0 aliphatic rings. The van der Waals surface area contributed by atoms with Gasteiger partial charge in [0.1, 0.15) is 0 Å². The minimum Gasteiger partial charge on any atom is -0.481 e. The third-order valence-electron chi connectivity index (χ3n) is 3.03. The van der Waals surface area contributed by atoms with Gasteiger partial charge in [0.25, 0.3) is 0 Å². The summed E-state index contributed by atoms with van der Waals surface area (Å²) in [6.07, 6.45) is 0. The highest BCUT2D eigenvalue weighted by Crippen LogP contribution is 2.31. The Hall–Kier alpha value is -1.39. The van der Waals surface area contributed by atoms with Crippen LogP contribution in [0.4, 0.5) is 0 Å². The number of methoxy groups -OCH3 is 1. The quantitative estimate of drug-likeness (QED) is 0.817. The summed E-state index contributed by atoms with van der Waals surface area (Å²) in [4.78, 5) is 11.2. The van der Waals surface area contributed by atoms with Crippen molar-refractivity contribution in [3.8, 4) is 0 Å². The van der Waals surface area contributed by atoms with Crippen LogP contribution < -0.4 is 5.73 Å². The van der Waals surface area contributed by atoms with Gasteiger partial charge in [0.2, 0.25) is 0 Å². The summed E-state index contributed by atoms with van der Waals surface area (Å²) in [5.41, 5.74) is 6.59. The van der Waals surface area contributed by atoms with Gasteiger partial charge in [-0.3, -0.25) is 4.79 Å². The number of carboxylic acids is 1. The fourth-order valence-electron chi connectivity index (χ4n) is 1.82. The van der Waals surface area contributed by atoms with Crippen molar-refractivity contribution >= 4 is 5.97 Å². The van der Waals surface area contributed by atoms with E-state index < -0.39 is 17.5 Å². The third-order valence-corrected chi connectivity index (χ3v) is 3.03. The third kappa shape index (κ3) is 2.84. The monoisotopic (exact) mass is 237 g/mol. The number of carboxylic acid groups (broad SMARTS) is 1. The summed E-state index contributed by atoms with van der Waals surface area (Å²) in [6.45, 7) is 3.88. The fraction of sp³-hybridized carbons (Fsp3) is 0.462. The summed E-state index contributed by atoms with van der Waals surface area (Å²) in [5.74, 6) is -1.60. The van der Waals surface area contributed by atoms with Crippen molar-refractivity contribution < 1.29 is 14.6 Å². The SMILES string of the molecule is COC(C)(C)c1ccccc1C(CN)C(=O)O. The average molecular weight is 237 g/mol. The predicted molar refractivity (Wildman–Crippen MR) is 65.9 cm³/mol. The molecule has 3 N–H and O–H groups in total. The zero-order chi connectivity index (χ0) is 13.1. The van der Waals surface area contributed by atoms with Crippen molar-refractivity contribution in [1.29, 1.82) is 0 Å². The number of ether oxygens (including phenoxy) is 1. The molecule has 4 heteroatoms. The normalized spacial score (nSPS) is 13.4. The van der Waals surface area contributed by atoms with Gasteiger partial charge in [-0.2, -0.15) is 0 Å². The highest BCUT2D eigenvalue weighted by molar-refractivity contribution is 5.77. The summed E-state index contributed by atoms with van der Waals surface area (Å²) >= 11 is 0. The molecule has 1 atom stereocenters. The van der Waals surface area contributed by atoms with E-state index in [1.165, 1.54) is 0 Å². The Morgan fingerprint density at radius 3 is 2.53 bits per heavy atom. The molecule has 0 aromatic heterocycles. The summed E-state index contributed by atoms with van der Waals surface area (Å²) in [6, 6.07) is 7.36. The smallest absolute Gasteiger partial charge is 0.312 e. The Morgan fingerprint density at radius 2 is 2.06 bits per heavy atom. The summed E-state index contributed by atoms with van der Waals surface area (Å²) in [7, 11) is 1.61. The van der Waals surface area contributed by atoms with Crippen LogP contribution in [0.3, 0.4) is 0 Å². The van der Waals surface area contributed by atoms with Crippen LogP contribution in [0.15, 0.2) is 24.3 Å². The summed E-state index contributed by atoms with van der Waals surface area (Å²) < 4.78 is 5.41. The lowest BCUT2D eigenvalue weighted by atomic mass is 9.86. The Morgan fingerprint density at radius 1 is 1.47 bits per heavy atom. The van der Waals surface area contributed by atoms with Gasteiger partial charge < -0.3 is 15.6 Å². The van der Waals surface area contributed by atoms with E-state index in [4.69, 9.17) is 15.6 Å². The van der Waals surface area contributed by atoms with E-state index in [1.807, 2.05) is 32.0 Å². The van der Waals surface area contributed by atoms with Crippen LogP contribution in [-0.2, 0) is 15.1 Å². The predicted octanol–water partition coefficient (Wildman–Crippen LogP) is 1.70. The minimum absolute atomic E-state index is 0.0755. The highest BCUT2D eigenvalue weighted by Gasteiger charge is 2.28. The van der Waals surface area contributed by atoms with Gasteiger partial charge in [-0.25, -0.2) is 0 Å². The molecule has 0 aliphatic heterocycles. The molecule has 0 bridgehead atoms. The Balaban J connectivity index is 3.29. The Labute approximate surface area is 101 Å². The Kier molecular flexibility index (Phi) is 4.26. The fourth-order valence-corrected chi connectivity index (χ4v) is 1.82. The summed E-state index contributed by atoms with van der Waals surface area (Å²) in [5, 5.41) is 9.17. The molecule has 0 saturated heterocycles. The Bertz CT molecular complexity index is 401. The molecule has 0 saturated carbocycles. The van der Waals surface area contributed by atoms with Crippen LogP contribution >= 0.6 is 0 Å². The topological polar surface area (TPSA) is 72.5 Å². The minimum atomic E-state index is -0.910. The van der Waals surface area contributed by atoms with E-state index in [1.54, 1.807) is 13.2 Å². The van der Waals surface area contributed by atoms with Crippen LogP contribution in [0.2, 0.25) is 0 Å². The maximum Gasteiger partial charge on any atom is 0.312 e. The van der Waals surface area contributed by atoms with Gasteiger partial charge in [-0.1, -0.05) is 24.3 Å². The number of carbonyl (C=O) groups is 1. The van der Waals surface area contributed by atoms with E-state index >= 15 is 0 Å². The molecule has 94 valence electrons. The van der Waals surface area contributed by atoms with Crippen molar-refractivity contribution in [3.05, 3.63) is 35.4 Å². The van der Waals surface area contributed by atoms with Crippen LogP contribution in [0.1, 0.15) is 30.9 Å². The first-order valence-corrected chi connectivity index (χ1v) is 5.51. The molecule has 1 aromatic carbocycles. The molecule has 0 aliphatic carbocycles. The zero-order valence-corrected chi connectivity index (χ0v) is 10.4. The molecule has 0 radical (unpaired) electrons. The van der Waals surface area contributed by atoms with Crippen LogP contribution in [0.25, 0.3) is 0 Å². The average Bonchev–Trinajstić information content (AvgIpc) is 2.30. The van der Waals surface area contributed by atoms with Gasteiger partial charge in [0, 0.05) is 13.7 Å². The maximum atomic E-state index is 11.2.